The van der Waals surface area contributed by atoms with Crippen molar-refractivity contribution in [1.82, 2.24) is 15.1 Å². The summed E-state index contributed by atoms with van der Waals surface area (Å²) in [4.78, 5) is 18.7. The van der Waals surface area contributed by atoms with Gasteiger partial charge >= 0.3 is 6.03 Å². The third kappa shape index (κ3) is 6.16. The Morgan fingerprint density at radius 1 is 1.14 bits per heavy atom. The number of carbonyl (C=O) groups is 1. The number of hydrogen-bond acceptors (Lipinski definition) is 3. The Labute approximate surface area is 185 Å². The van der Waals surface area contributed by atoms with Crippen molar-refractivity contribution in [2.24, 2.45) is 5.92 Å². The fourth-order valence-electron chi connectivity index (χ4n) is 4.34. The third-order valence-corrected chi connectivity index (χ3v) is 7.30. The standard InChI is InChI=1S/C22H34Cl2N4O/c1-3-26(2)22(29)25-18-9-7-17(8-10-18)11-12-27-13-15-28(16-14-27)20-6-4-5-19(23)21(20)24/h4-6,17-18H,3,7-16H2,1-2H3,(H,25,29)/t17-,18-. The van der Waals surface area contributed by atoms with Gasteiger partial charge < -0.3 is 15.1 Å². The van der Waals surface area contributed by atoms with E-state index in [9.17, 15) is 4.79 Å². The van der Waals surface area contributed by atoms with E-state index >= 15 is 0 Å². The molecule has 29 heavy (non-hydrogen) atoms. The normalized spacial score (nSPS) is 23.1. The molecular weight excluding hydrogens is 407 g/mol. The van der Waals surface area contributed by atoms with Gasteiger partial charge in [-0.25, -0.2) is 4.79 Å². The van der Waals surface area contributed by atoms with Crippen molar-refractivity contribution in [2.75, 3.05) is 51.2 Å². The third-order valence-electron chi connectivity index (χ3n) is 6.49. The lowest BCUT2D eigenvalue weighted by Gasteiger charge is -2.37. The number of nitrogens with zero attached hydrogens (tertiary/aromatic N) is 3. The molecule has 2 amide bonds. The number of urea groups is 1. The maximum absolute atomic E-state index is 12.0. The van der Waals surface area contributed by atoms with Crippen molar-refractivity contribution in [1.29, 1.82) is 0 Å². The van der Waals surface area contributed by atoms with Crippen molar-refractivity contribution in [3.8, 4) is 0 Å². The van der Waals surface area contributed by atoms with Crippen LogP contribution in [0, 0.1) is 5.92 Å². The smallest absolute Gasteiger partial charge is 0.317 e. The lowest BCUT2D eigenvalue weighted by molar-refractivity contribution is 0.190. The second-order valence-corrected chi connectivity index (χ2v) is 9.16. The van der Waals surface area contributed by atoms with Crippen molar-refractivity contribution in [2.45, 2.75) is 45.1 Å². The highest BCUT2D eigenvalue weighted by atomic mass is 35.5. The first-order chi connectivity index (χ1) is 14.0. The fourth-order valence-corrected chi connectivity index (χ4v) is 4.75. The van der Waals surface area contributed by atoms with E-state index in [0.29, 0.717) is 16.1 Å². The van der Waals surface area contributed by atoms with E-state index in [0.717, 1.165) is 63.7 Å². The molecule has 7 heteroatoms. The molecular formula is C22H34Cl2N4O. The van der Waals surface area contributed by atoms with E-state index in [2.05, 4.69) is 21.2 Å². The van der Waals surface area contributed by atoms with Crippen molar-refractivity contribution in [3.63, 3.8) is 0 Å². The van der Waals surface area contributed by atoms with Crippen LogP contribution in [0.5, 0.6) is 0 Å². The summed E-state index contributed by atoms with van der Waals surface area (Å²) in [5.74, 6) is 0.785. The molecule has 1 aliphatic heterocycles. The lowest BCUT2D eigenvalue weighted by atomic mass is 9.84. The molecule has 0 aromatic heterocycles. The highest BCUT2D eigenvalue weighted by molar-refractivity contribution is 6.43. The van der Waals surface area contributed by atoms with E-state index < -0.39 is 0 Å². The van der Waals surface area contributed by atoms with Gasteiger partial charge in [0, 0.05) is 45.8 Å². The number of benzene rings is 1. The number of anilines is 1. The first-order valence-corrected chi connectivity index (χ1v) is 11.7. The topological polar surface area (TPSA) is 38.8 Å². The minimum Gasteiger partial charge on any atom is -0.368 e. The highest BCUT2D eigenvalue weighted by Crippen LogP contribution is 2.33. The van der Waals surface area contributed by atoms with Crippen LogP contribution in [0.1, 0.15) is 39.0 Å². The molecule has 5 nitrogen and oxygen atoms in total. The number of piperazine rings is 1. The Kier molecular flexibility index (Phi) is 8.34. The van der Waals surface area contributed by atoms with Crippen LogP contribution in [-0.2, 0) is 0 Å². The maximum Gasteiger partial charge on any atom is 0.317 e. The van der Waals surface area contributed by atoms with Crippen molar-refractivity contribution < 1.29 is 4.79 Å². The summed E-state index contributed by atoms with van der Waals surface area (Å²) in [7, 11) is 1.85. The molecule has 2 aliphatic rings. The molecule has 0 unspecified atom stereocenters. The first kappa shape index (κ1) is 22.5. The van der Waals surface area contributed by atoms with Crippen molar-refractivity contribution in [3.05, 3.63) is 28.2 Å². The summed E-state index contributed by atoms with van der Waals surface area (Å²) in [5.41, 5.74) is 1.05. The van der Waals surface area contributed by atoms with E-state index in [-0.39, 0.29) is 6.03 Å². The molecule has 162 valence electrons. The second-order valence-electron chi connectivity index (χ2n) is 8.37. The average molecular weight is 441 g/mol. The predicted molar refractivity (Wildman–Crippen MR) is 122 cm³/mol. The zero-order valence-corrected chi connectivity index (χ0v) is 19.2. The van der Waals surface area contributed by atoms with Gasteiger partial charge in [0.25, 0.3) is 0 Å². The fraction of sp³-hybridized carbons (Fsp3) is 0.682. The largest absolute Gasteiger partial charge is 0.368 e. The lowest BCUT2D eigenvalue weighted by Crippen LogP contribution is -2.47. The summed E-state index contributed by atoms with van der Waals surface area (Å²) in [5, 5.41) is 4.46. The van der Waals surface area contributed by atoms with Gasteiger partial charge in [-0.2, -0.15) is 0 Å². The molecule has 0 atom stereocenters. The number of rotatable bonds is 6. The van der Waals surface area contributed by atoms with Crippen LogP contribution in [0.25, 0.3) is 0 Å². The second kappa shape index (κ2) is 10.7. The monoisotopic (exact) mass is 440 g/mol. The summed E-state index contributed by atoms with van der Waals surface area (Å²) < 4.78 is 0. The Hall–Kier alpha value is -1.17. The van der Waals surface area contributed by atoms with E-state index in [1.54, 1.807) is 4.90 Å². The van der Waals surface area contributed by atoms with Gasteiger partial charge in [0.1, 0.15) is 0 Å². The van der Waals surface area contributed by atoms with Gasteiger partial charge in [-0.05, 0) is 63.6 Å². The van der Waals surface area contributed by atoms with E-state index in [1.165, 1.54) is 19.3 Å². The molecule has 1 aromatic rings. The van der Waals surface area contributed by atoms with Gasteiger partial charge in [-0.15, -0.1) is 0 Å². The average Bonchev–Trinajstić information content (AvgIpc) is 2.75. The highest BCUT2D eigenvalue weighted by Gasteiger charge is 2.25. The van der Waals surface area contributed by atoms with E-state index in [4.69, 9.17) is 23.2 Å². The zero-order chi connectivity index (χ0) is 20.8. The van der Waals surface area contributed by atoms with Crippen molar-refractivity contribution >= 4 is 34.9 Å². The quantitative estimate of drug-likeness (QED) is 0.694. The minimum absolute atomic E-state index is 0.0635. The van der Waals surface area contributed by atoms with Crippen LogP contribution in [0.4, 0.5) is 10.5 Å². The molecule has 0 spiro atoms. The summed E-state index contributed by atoms with van der Waals surface area (Å²) in [6.07, 6.45) is 5.91. The number of hydrogen-bond donors (Lipinski definition) is 1. The van der Waals surface area contributed by atoms with Crippen LogP contribution >= 0.6 is 23.2 Å². The molecule has 1 N–H and O–H groups in total. The van der Waals surface area contributed by atoms with Crippen LogP contribution in [0.3, 0.4) is 0 Å². The van der Waals surface area contributed by atoms with E-state index in [1.807, 2.05) is 26.1 Å². The van der Waals surface area contributed by atoms with Crippen LogP contribution in [-0.4, -0.2) is 68.2 Å². The number of halogens is 2. The molecule has 0 radical (unpaired) electrons. The van der Waals surface area contributed by atoms with Gasteiger partial charge in [-0.3, -0.25) is 4.90 Å². The van der Waals surface area contributed by atoms with Gasteiger partial charge in [0.15, 0.2) is 0 Å². The molecule has 1 saturated heterocycles. The SMILES string of the molecule is CCN(C)C(=O)N[C@H]1CC[C@H](CCN2CCN(c3cccc(Cl)c3Cl)CC2)CC1. The molecule has 2 fully saturated rings. The predicted octanol–water partition coefficient (Wildman–Crippen LogP) is 4.73. The maximum atomic E-state index is 12.0. The molecule has 1 saturated carbocycles. The minimum atomic E-state index is 0.0635. The molecule has 0 bridgehead atoms. The molecule has 1 aromatic carbocycles. The Balaban J connectivity index is 1.35. The van der Waals surface area contributed by atoms with Crippen LogP contribution in [0.2, 0.25) is 10.0 Å². The van der Waals surface area contributed by atoms with Crippen LogP contribution in [0.15, 0.2) is 18.2 Å². The van der Waals surface area contributed by atoms with Gasteiger partial charge in [0.05, 0.1) is 15.7 Å². The molecule has 1 heterocycles. The number of amides is 2. The Morgan fingerprint density at radius 3 is 2.48 bits per heavy atom. The Bertz CT molecular complexity index is 671. The molecule has 3 rings (SSSR count). The summed E-state index contributed by atoms with van der Waals surface area (Å²) >= 11 is 12.5. The number of nitrogens with one attached hydrogen (secondary N) is 1. The number of carbonyl (C=O) groups excluding carboxylic acids is 1. The van der Waals surface area contributed by atoms with Crippen LogP contribution < -0.4 is 10.2 Å². The summed E-state index contributed by atoms with van der Waals surface area (Å²) in [6.45, 7) is 8.03. The molecule has 1 aliphatic carbocycles. The Morgan fingerprint density at radius 2 is 1.83 bits per heavy atom. The zero-order valence-electron chi connectivity index (χ0n) is 17.7. The summed E-state index contributed by atoms with van der Waals surface area (Å²) in [6, 6.07) is 6.27. The van der Waals surface area contributed by atoms with Gasteiger partial charge in [-0.1, -0.05) is 29.3 Å². The van der Waals surface area contributed by atoms with Gasteiger partial charge in [0.2, 0.25) is 0 Å². The first-order valence-electron chi connectivity index (χ1n) is 10.9.